The maximum Gasteiger partial charge on any atom is -0.0167 e. The zero-order valence-corrected chi connectivity index (χ0v) is 10.4. The molecule has 0 heterocycles. The molecule has 0 unspecified atom stereocenters. The molecule has 0 aromatic heterocycles. The fourth-order valence-electron chi connectivity index (χ4n) is 1.65. The van der Waals surface area contributed by atoms with Crippen molar-refractivity contribution in [3.63, 3.8) is 0 Å². The van der Waals surface area contributed by atoms with Crippen molar-refractivity contribution in [3.05, 3.63) is 31.2 Å². The number of allylic oxidation sites excluding steroid dienone is 3. The molecule has 0 fully saturated rings. The number of hydrogen-bond donors (Lipinski definition) is 0. The van der Waals surface area contributed by atoms with Crippen molar-refractivity contribution in [3.8, 4) is 0 Å². The first kappa shape index (κ1) is 14.5. The second-order valence-corrected chi connectivity index (χ2v) is 4.12. The second kappa shape index (κ2) is 13.5. The molecule has 0 amide bonds. The Bertz CT molecular complexity index is 144. The van der Waals surface area contributed by atoms with E-state index >= 15 is 0 Å². The molecule has 0 heteroatoms. The molecule has 0 atom stereocenters. The van der Waals surface area contributed by atoms with Gasteiger partial charge >= 0.3 is 0 Å². The molecule has 0 aromatic rings. The monoisotopic (exact) mass is 207 g/mol. The van der Waals surface area contributed by atoms with Crippen LogP contribution in [-0.4, -0.2) is 0 Å². The van der Waals surface area contributed by atoms with Gasteiger partial charge < -0.3 is 0 Å². The standard InChI is InChI=1S/C15H27/c1-3-5-7-9-11-13-15-14-12-10-8-6-4-2/h3,5,7,9H,1,4,6,8,10-15H2,2H3. The highest BCUT2D eigenvalue weighted by molar-refractivity contribution is 5.03. The average molecular weight is 207 g/mol. The first-order chi connectivity index (χ1) is 7.41. The molecule has 0 saturated carbocycles. The summed E-state index contributed by atoms with van der Waals surface area (Å²) < 4.78 is 0. The molecule has 87 valence electrons. The van der Waals surface area contributed by atoms with Crippen molar-refractivity contribution in [1.82, 2.24) is 0 Å². The van der Waals surface area contributed by atoms with E-state index in [0.717, 1.165) is 0 Å². The van der Waals surface area contributed by atoms with Crippen molar-refractivity contribution < 1.29 is 0 Å². The summed E-state index contributed by atoms with van der Waals surface area (Å²) in [5, 5.41) is 0. The molecule has 0 rings (SSSR count). The summed E-state index contributed by atoms with van der Waals surface area (Å²) in [4.78, 5) is 0. The minimum absolute atomic E-state index is 1.22. The van der Waals surface area contributed by atoms with Crippen LogP contribution in [0.2, 0.25) is 0 Å². The van der Waals surface area contributed by atoms with Gasteiger partial charge in [-0.15, -0.1) is 0 Å². The Balaban J connectivity index is 2.92. The van der Waals surface area contributed by atoms with Gasteiger partial charge in [0.25, 0.3) is 0 Å². The third-order valence-corrected chi connectivity index (χ3v) is 2.61. The zero-order valence-electron chi connectivity index (χ0n) is 10.4. The molecular weight excluding hydrogens is 180 g/mol. The minimum atomic E-state index is 1.22. The SMILES string of the molecule is C=CC=C[CH]CCCCCCCCCC. The summed E-state index contributed by atoms with van der Waals surface area (Å²) in [6, 6.07) is 0. The predicted molar refractivity (Wildman–Crippen MR) is 70.9 cm³/mol. The molecule has 0 saturated heterocycles. The van der Waals surface area contributed by atoms with Crippen LogP contribution in [0.1, 0.15) is 64.7 Å². The van der Waals surface area contributed by atoms with E-state index in [-0.39, 0.29) is 0 Å². The Morgan fingerprint density at radius 2 is 1.40 bits per heavy atom. The summed E-state index contributed by atoms with van der Waals surface area (Å²) in [6.45, 7) is 5.91. The molecule has 15 heavy (non-hydrogen) atoms. The van der Waals surface area contributed by atoms with Crippen molar-refractivity contribution in [2.24, 2.45) is 0 Å². The molecule has 0 aliphatic carbocycles. The zero-order chi connectivity index (χ0) is 11.2. The van der Waals surface area contributed by atoms with E-state index in [0.29, 0.717) is 0 Å². The van der Waals surface area contributed by atoms with Gasteiger partial charge in [-0.1, -0.05) is 83.1 Å². The summed E-state index contributed by atoms with van der Waals surface area (Å²) >= 11 is 0. The molecule has 0 aromatic carbocycles. The van der Waals surface area contributed by atoms with Gasteiger partial charge in [-0.05, 0) is 12.8 Å². The van der Waals surface area contributed by atoms with E-state index in [1.54, 1.807) is 0 Å². The first-order valence-electron chi connectivity index (χ1n) is 6.52. The van der Waals surface area contributed by atoms with Crippen LogP contribution in [0.4, 0.5) is 0 Å². The van der Waals surface area contributed by atoms with Crippen LogP contribution in [0.5, 0.6) is 0 Å². The van der Waals surface area contributed by atoms with Crippen LogP contribution in [-0.2, 0) is 0 Å². The predicted octanol–water partition coefficient (Wildman–Crippen LogP) is 5.46. The lowest BCUT2D eigenvalue weighted by Crippen LogP contribution is -1.80. The van der Waals surface area contributed by atoms with Crippen LogP contribution in [0.15, 0.2) is 24.8 Å². The molecule has 0 bridgehead atoms. The summed E-state index contributed by atoms with van der Waals surface area (Å²) in [7, 11) is 0. The van der Waals surface area contributed by atoms with E-state index in [2.05, 4.69) is 26.0 Å². The molecule has 0 nitrogen and oxygen atoms in total. The number of unbranched alkanes of at least 4 members (excludes halogenated alkanes) is 9. The maximum atomic E-state index is 3.64. The summed E-state index contributed by atoms with van der Waals surface area (Å²) in [5.41, 5.74) is 0. The topological polar surface area (TPSA) is 0 Å². The van der Waals surface area contributed by atoms with Gasteiger partial charge in [-0.2, -0.15) is 0 Å². The van der Waals surface area contributed by atoms with Gasteiger partial charge in [0.05, 0.1) is 0 Å². The van der Waals surface area contributed by atoms with Gasteiger partial charge in [-0.25, -0.2) is 0 Å². The largest absolute Gasteiger partial charge is 0.0991 e. The summed E-state index contributed by atoms with van der Waals surface area (Å²) in [5.74, 6) is 0. The maximum absolute atomic E-state index is 3.64. The van der Waals surface area contributed by atoms with E-state index in [4.69, 9.17) is 0 Å². The van der Waals surface area contributed by atoms with Gasteiger partial charge in [0.15, 0.2) is 0 Å². The lowest BCUT2D eigenvalue weighted by Gasteiger charge is -2.00. The lowest BCUT2D eigenvalue weighted by atomic mass is 10.1. The fraction of sp³-hybridized carbons (Fsp3) is 0.667. The third kappa shape index (κ3) is 13.5. The van der Waals surface area contributed by atoms with Crippen molar-refractivity contribution in [1.29, 1.82) is 0 Å². The smallest absolute Gasteiger partial charge is 0.0167 e. The van der Waals surface area contributed by atoms with Gasteiger partial charge in [0, 0.05) is 0 Å². The minimum Gasteiger partial charge on any atom is -0.0991 e. The van der Waals surface area contributed by atoms with Crippen molar-refractivity contribution in [2.75, 3.05) is 0 Å². The third-order valence-electron chi connectivity index (χ3n) is 2.61. The first-order valence-corrected chi connectivity index (χ1v) is 6.52. The van der Waals surface area contributed by atoms with E-state index in [9.17, 15) is 0 Å². The quantitative estimate of drug-likeness (QED) is 0.311. The van der Waals surface area contributed by atoms with Crippen molar-refractivity contribution >= 4 is 0 Å². The molecule has 1 radical (unpaired) electrons. The van der Waals surface area contributed by atoms with Gasteiger partial charge in [0.2, 0.25) is 0 Å². The normalized spacial score (nSPS) is 11.0. The number of rotatable bonds is 11. The van der Waals surface area contributed by atoms with Crippen LogP contribution in [0.25, 0.3) is 0 Å². The van der Waals surface area contributed by atoms with Crippen LogP contribution < -0.4 is 0 Å². The Morgan fingerprint density at radius 1 is 0.800 bits per heavy atom. The highest BCUT2D eigenvalue weighted by atomic mass is 14.0. The number of hydrogen-bond acceptors (Lipinski definition) is 0. The van der Waals surface area contributed by atoms with Crippen LogP contribution >= 0.6 is 0 Å². The molecule has 0 N–H and O–H groups in total. The Hall–Kier alpha value is -0.520. The second-order valence-electron chi connectivity index (χ2n) is 4.12. The van der Waals surface area contributed by atoms with Crippen molar-refractivity contribution in [2.45, 2.75) is 64.7 Å². The Morgan fingerprint density at radius 3 is 2.00 bits per heavy atom. The Kier molecular flexibility index (Phi) is 13.0. The highest BCUT2D eigenvalue weighted by Crippen LogP contribution is 2.10. The highest BCUT2D eigenvalue weighted by Gasteiger charge is 1.90. The van der Waals surface area contributed by atoms with Crippen LogP contribution in [0.3, 0.4) is 0 Å². The lowest BCUT2D eigenvalue weighted by molar-refractivity contribution is 0.575. The summed E-state index contributed by atoms with van der Waals surface area (Å²) in [6.07, 6.45) is 20.6. The van der Waals surface area contributed by atoms with E-state index in [1.807, 2.05) is 12.2 Å². The van der Waals surface area contributed by atoms with E-state index < -0.39 is 0 Å². The molecule has 0 spiro atoms. The molecule has 0 aliphatic heterocycles. The molecule has 0 aliphatic rings. The van der Waals surface area contributed by atoms with E-state index in [1.165, 1.54) is 57.8 Å². The van der Waals surface area contributed by atoms with Crippen LogP contribution in [0, 0.1) is 6.42 Å². The fourth-order valence-corrected chi connectivity index (χ4v) is 1.65. The molecular formula is C15H27. The Labute approximate surface area is 96.5 Å². The van der Waals surface area contributed by atoms with Gasteiger partial charge in [-0.3, -0.25) is 0 Å². The average Bonchev–Trinajstić information content (AvgIpc) is 2.26. The van der Waals surface area contributed by atoms with Gasteiger partial charge in [0.1, 0.15) is 0 Å².